The standard InChI is InChI=1S/C11H13ClN2O4S/c12-9-5-14-10(3-8(9)11(15)16)13-4-7-1-2-19(17,18)6-7/h3,5,7H,1-2,4,6H2,(H,13,14)(H,15,16). The van der Waals surface area contributed by atoms with Crippen molar-refractivity contribution in [3.63, 3.8) is 0 Å². The van der Waals surface area contributed by atoms with Crippen LogP contribution >= 0.6 is 11.6 Å². The maximum absolute atomic E-state index is 11.3. The summed E-state index contributed by atoms with van der Waals surface area (Å²) in [5.41, 5.74) is -0.0294. The molecule has 1 aliphatic heterocycles. The van der Waals surface area contributed by atoms with Gasteiger partial charge < -0.3 is 10.4 Å². The fourth-order valence-corrected chi connectivity index (χ4v) is 4.03. The van der Waals surface area contributed by atoms with Gasteiger partial charge >= 0.3 is 5.97 Å². The molecule has 0 aliphatic carbocycles. The van der Waals surface area contributed by atoms with E-state index in [1.165, 1.54) is 12.3 Å². The number of anilines is 1. The van der Waals surface area contributed by atoms with Crippen LogP contribution in [-0.4, -0.2) is 42.5 Å². The van der Waals surface area contributed by atoms with Gasteiger partial charge in [0.1, 0.15) is 5.82 Å². The minimum Gasteiger partial charge on any atom is -0.478 e. The summed E-state index contributed by atoms with van der Waals surface area (Å²) in [6.07, 6.45) is 1.88. The summed E-state index contributed by atoms with van der Waals surface area (Å²) in [6, 6.07) is 1.34. The van der Waals surface area contributed by atoms with Gasteiger partial charge in [0.25, 0.3) is 0 Å². The number of rotatable bonds is 4. The number of pyridine rings is 1. The lowest BCUT2D eigenvalue weighted by Gasteiger charge is -2.10. The van der Waals surface area contributed by atoms with Crippen LogP contribution in [0, 0.1) is 5.92 Å². The smallest absolute Gasteiger partial charge is 0.337 e. The Labute approximate surface area is 115 Å². The van der Waals surface area contributed by atoms with E-state index in [1.807, 2.05) is 0 Å². The van der Waals surface area contributed by atoms with Gasteiger partial charge in [0.05, 0.1) is 22.1 Å². The quantitative estimate of drug-likeness (QED) is 0.870. The molecule has 1 fully saturated rings. The zero-order valence-electron chi connectivity index (χ0n) is 9.97. The van der Waals surface area contributed by atoms with Crippen LogP contribution in [-0.2, 0) is 9.84 Å². The van der Waals surface area contributed by atoms with E-state index >= 15 is 0 Å². The molecular formula is C11H13ClN2O4S. The predicted molar refractivity (Wildman–Crippen MR) is 71.5 cm³/mol. The highest BCUT2D eigenvalue weighted by molar-refractivity contribution is 7.91. The van der Waals surface area contributed by atoms with Crippen molar-refractivity contribution >= 4 is 33.2 Å². The van der Waals surface area contributed by atoms with Crippen LogP contribution in [0.3, 0.4) is 0 Å². The van der Waals surface area contributed by atoms with Gasteiger partial charge in [0, 0.05) is 12.7 Å². The Morgan fingerprint density at radius 3 is 2.89 bits per heavy atom. The highest BCUT2D eigenvalue weighted by Gasteiger charge is 2.27. The van der Waals surface area contributed by atoms with E-state index in [1.54, 1.807) is 0 Å². The summed E-state index contributed by atoms with van der Waals surface area (Å²) in [7, 11) is -2.90. The first-order valence-corrected chi connectivity index (χ1v) is 7.90. The summed E-state index contributed by atoms with van der Waals surface area (Å²) in [5, 5.41) is 11.9. The largest absolute Gasteiger partial charge is 0.478 e. The lowest BCUT2D eigenvalue weighted by Crippen LogP contribution is -2.16. The average molecular weight is 305 g/mol. The molecule has 0 aromatic carbocycles. The summed E-state index contributed by atoms with van der Waals surface area (Å²) in [4.78, 5) is 14.9. The topological polar surface area (TPSA) is 96.4 Å². The first kappa shape index (κ1) is 14.1. The van der Waals surface area contributed by atoms with E-state index in [0.29, 0.717) is 18.8 Å². The van der Waals surface area contributed by atoms with Gasteiger partial charge in [0.15, 0.2) is 9.84 Å². The first-order chi connectivity index (χ1) is 8.87. The molecule has 19 heavy (non-hydrogen) atoms. The molecule has 104 valence electrons. The van der Waals surface area contributed by atoms with Crippen LogP contribution < -0.4 is 5.32 Å². The van der Waals surface area contributed by atoms with E-state index in [9.17, 15) is 13.2 Å². The zero-order chi connectivity index (χ0) is 14.0. The van der Waals surface area contributed by atoms with Crippen molar-refractivity contribution in [2.75, 3.05) is 23.4 Å². The molecule has 1 aliphatic rings. The highest BCUT2D eigenvalue weighted by atomic mass is 35.5. The Kier molecular flexibility index (Phi) is 3.96. The molecule has 0 saturated carbocycles. The molecular weight excluding hydrogens is 292 g/mol. The number of hydrogen-bond donors (Lipinski definition) is 2. The Morgan fingerprint density at radius 1 is 1.58 bits per heavy atom. The predicted octanol–water partition coefficient (Wildman–Crippen LogP) is 1.28. The minimum atomic E-state index is -2.90. The number of carboxylic acids is 1. The lowest BCUT2D eigenvalue weighted by molar-refractivity contribution is 0.0697. The van der Waals surface area contributed by atoms with Gasteiger partial charge in [-0.1, -0.05) is 11.6 Å². The van der Waals surface area contributed by atoms with Crippen LogP contribution in [0.5, 0.6) is 0 Å². The SMILES string of the molecule is O=C(O)c1cc(NCC2CCS(=O)(=O)C2)ncc1Cl. The van der Waals surface area contributed by atoms with E-state index in [4.69, 9.17) is 16.7 Å². The second-order valence-electron chi connectivity index (χ2n) is 4.50. The van der Waals surface area contributed by atoms with Crippen molar-refractivity contribution in [3.05, 3.63) is 22.8 Å². The van der Waals surface area contributed by atoms with Crippen LogP contribution in [0.4, 0.5) is 5.82 Å². The Hall–Kier alpha value is -1.34. The van der Waals surface area contributed by atoms with Gasteiger partial charge in [-0.05, 0) is 18.4 Å². The molecule has 1 aromatic rings. The Morgan fingerprint density at radius 2 is 2.32 bits per heavy atom. The molecule has 1 aromatic heterocycles. The molecule has 6 nitrogen and oxygen atoms in total. The van der Waals surface area contributed by atoms with E-state index < -0.39 is 15.8 Å². The van der Waals surface area contributed by atoms with E-state index in [-0.39, 0.29) is 28.0 Å². The van der Waals surface area contributed by atoms with Crippen LogP contribution in [0.15, 0.2) is 12.3 Å². The second-order valence-corrected chi connectivity index (χ2v) is 7.14. The Balaban J connectivity index is 2.01. The van der Waals surface area contributed by atoms with E-state index in [0.717, 1.165) is 0 Å². The van der Waals surface area contributed by atoms with Crippen LogP contribution in [0.25, 0.3) is 0 Å². The molecule has 1 saturated heterocycles. The monoisotopic (exact) mass is 304 g/mol. The fraction of sp³-hybridized carbons (Fsp3) is 0.455. The van der Waals surface area contributed by atoms with Crippen molar-refractivity contribution in [1.29, 1.82) is 0 Å². The van der Waals surface area contributed by atoms with Crippen LogP contribution in [0.2, 0.25) is 5.02 Å². The lowest BCUT2D eigenvalue weighted by atomic mass is 10.1. The first-order valence-electron chi connectivity index (χ1n) is 5.70. The summed E-state index contributed by atoms with van der Waals surface area (Å²) in [5.74, 6) is -0.326. The number of hydrogen-bond acceptors (Lipinski definition) is 5. The molecule has 1 unspecified atom stereocenters. The third-order valence-electron chi connectivity index (χ3n) is 2.98. The van der Waals surface area contributed by atoms with Gasteiger partial charge in [-0.15, -0.1) is 0 Å². The summed E-state index contributed by atoms with van der Waals surface area (Å²) < 4.78 is 22.6. The minimum absolute atomic E-state index is 0.0294. The number of carboxylic acid groups (broad SMARTS) is 1. The number of halogens is 1. The third kappa shape index (κ3) is 3.57. The van der Waals surface area contributed by atoms with Gasteiger partial charge in [0.2, 0.25) is 0 Å². The normalized spacial score (nSPS) is 21.2. The number of nitrogens with zero attached hydrogens (tertiary/aromatic N) is 1. The molecule has 0 radical (unpaired) electrons. The highest BCUT2D eigenvalue weighted by Crippen LogP contribution is 2.21. The van der Waals surface area contributed by atoms with E-state index in [2.05, 4.69) is 10.3 Å². The van der Waals surface area contributed by atoms with Crippen molar-refractivity contribution in [3.8, 4) is 0 Å². The molecule has 1 atom stereocenters. The van der Waals surface area contributed by atoms with Crippen molar-refractivity contribution in [2.24, 2.45) is 5.92 Å². The molecule has 0 spiro atoms. The number of sulfone groups is 1. The molecule has 2 N–H and O–H groups in total. The maximum Gasteiger partial charge on any atom is 0.337 e. The molecule has 0 bridgehead atoms. The second kappa shape index (κ2) is 5.34. The van der Waals surface area contributed by atoms with Gasteiger partial charge in [-0.25, -0.2) is 18.2 Å². The van der Waals surface area contributed by atoms with Gasteiger partial charge in [-0.2, -0.15) is 0 Å². The zero-order valence-corrected chi connectivity index (χ0v) is 11.5. The number of aromatic carboxylic acids is 1. The molecule has 2 rings (SSSR count). The summed E-state index contributed by atoms with van der Waals surface area (Å²) in [6.45, 7) is 0.451. The van der Waals surface area contributed by atoms with Crippen LogP contribution in [0.1, 0.15) is 16.8 Å². The number of carbonyl (C=O) groups is 1. The average Bonchev–Trinajstić information content (AvgIpc) is 2.67. The van der Waals surface area contributed by atoms with Crippen molar-refractivity contribution in [2.45, 2.75) is 6.42 Å². The maximum atomic E-state index is 11.3. The number of nitrogens with one attached hydrogen (secondary N) is 1. The van der Waals surface area contributed by atoms with Gasteiger partial charge in [-0.3, -0.25) is 0 Å². The Bertz CT molecular complexity index is 603. The fourth-order valence-electron chi connectivity index (χ4n) is 1.98. The van der Waals surface area contributed by atoms with Crippen molar-refractivity contribution < 1.29 is 18.3 Å². The van der Waals surface area contributed by atoms with Crippen molar-refractivity contribution in [1.82, 2.24) is 4.98 Å². The molecule has 0 amide bonds. The number of aromatic nitrogens is 1. The third-order valence-corrected chi connectivity index (χ3v) is 5.12. The molecule has 8 heteroatoms. The summed E-state index contributed by atoms with van der Waals surface area (Å²) >= 11 is 5.71. The molecule has 2 heterocycles.